The van der Waals surface area contributed by atoms with Crippen molar-refractivity contribution in [1.29, 1.82) is 0 Å². The summed E-state index contributed by atoms with van der Waals surface area (Å²) in [6, 6.07) is 0. The van der Waals surface area contributed by atoms with Crippen molar-refractivity contribution in [2.24, 2.45) is 0 Å². The molecule has 1 heterocycles. The number of carbonyl (C=O) groups excluding carboxylic acids is 1. The van der Waals surface area contributed by atoms with E-state index in [0.29, 0.717) is 12.2 Å². The first-order valence-corrected chi connectivity index (χ1v) is 6.26. The standard InChI is InChI=1S/C14H25NO2/c1-11(2)12(16)17-10-14(5)9-7-8-13(3,4)15(14)6/h1,7-10H2,2-6H3. The first kappa shape index (κ1) is 14.2. The molecule has 0 amide bonds. The fourth-order valence-electron chi connectivity index (χ4n) is 2.48. The Morgan fingerprint density at radius 3 is 2.47 bits per heavy atom. The van der Waals surface area contributed by atoms with E-state index >= 15 is 0 Å². The van der Waals surface area contributed by atoms with Gasteiger partial charge in [-0.05, 0) is 54.0 Å². The minimum absolute atomic E-state index is 0.0626. The predicted molar refractivity (Wildman–Crippen MR) is 69.9 cm³/mol. The number of carbonyl (C=O) groups is 1. The lowest BCUT2D eigenvalue weighted by atomic mass is 9.80. The van der Waals surface area contributed by atoms with Gasteiger partial charge < -0.3 is 4.74 Å². The smallest absolute Gasteiger partial charge is 0.333 e. The van der Waals surface area contributed by atoms with Crippen molar-refractivity contribution in [3.63, 3.8) is 0 Å². The lowest BCUT2D eigenvalue weighted by molar-refractivity contribution is -0.146. The quantitative estimate of drug-likeness (QED) is 0.560. The normalized spacial score (nSPS) is 28.8. The number of hydrogen-bond donors (Lipinski definition) is 0. The third-order valence-corrected chi connectivity index (χ3v) is 4.08. The van der Waals surface area contributed by atoms with Gasteiger partial charge in [0.25, 0.3) is 0 Å². The zero-order chi connectivity index (χ0) is 13.3. The molecule has 1 aliphatic heterocycles. The number of rotatable bonds is 3. The largest absolute Gasteiger partial charge is 0.460 e. The molecule has 1 saturated heterocycles. The summed E-state index contributed by atoms with van der Waals surface area (Å²) in [5.41, 5.74) is 0.571. The second kappa shape index (κ2) is 4.81. The molecule has 0 spiro atoms. The Morgan fingerprint density at radius 2 is 1.94 bits per heavy atom. The molecule has 0 bridgehead atoms. The molecule has 3 nitrogen and oxygen atoms in total. The molecule has 0 aromatic heterocycles. The van der Waals surface area contributed by atoms with Crippen LogP contribution in [0.25, 0.3) is 0 Å². The Kier molecular flexibility index (Phi) is 4.03. The number of ether oxygens (including phenoxy) is 1. The molecular formula is C14H25NO2. The van der Waals surface area contributed by atoms with Crippen LogP contribution in [-0.4, -0.2) is 35.6 Å². The molecule has 1 aliphatic rings. The maximum atomic E-state index is 11.5. The van der Waals surface area contributed by atoms with Gasteiger partial charge in [0.1, 0.15) is 6.61 Å². The van der Waals surface area contributed by atoms with Gasteiger partial charge in [-0.25, -0.2) is 4.79 Å². The highest BCUT2D eigenvalue weighted by molar-refractivity contribution is 5.86. The average molecular weight is 239 g/mol. The molecule has 0 N–H and O–H groups in total. The highest BCUT2D eigenvalue weighted by Crippen LogP contribution is 2.37. The predicted octanol–water partition coefficient (Wildman–Crippen LogP) is 2.76. The van der Waals surface area contributed by atoms with Gasteiger partial charge in [-0.2, -0.15) is 0 Å². The van der Waals surface area contributed by atoms with Gasteiger partial charge in [0.15, 0.2) is 0 Å². The van der Waals surface area contributed by atoms with Gasteiger partial charge in [0, 0.05) is 11.1 Å². The third kappa shape index (κ3) is 3.09. The Hall–Kier alpha value is -0.830. The Labute approximate surface area is 105 Å². The average Bonchev–Trinajstić information content (AvgIpc) is 2.22. The summed E-state index contributed by atoms with van der Waals surface area (Å²) >= 11 is 0. The summed E-state index contributed by atoms with van der Waals surface area (Å²) in [5, 5.41) is 0. The molecule has 1 unspecified atom stereocenters. The van der Waals surface area contributed by atoms with Gasteiger partial charge >= 0.3 is 5.97 Å². The van der Waals surface area contributed by atoms with Crippen molar-refractivity contribution in [3.8, 4) is 0 Å². The molecule has 1 rings (SSSR count). The molecule has 17 heavy (non-hydrogen) atoms. The van der Waals surface area contributed by atoms with E-state index < -0.39 is 0 Å². The zero-order valence-corrected chi connectivity index (χ0v) is 11.8. The third-order valence-electron chi connectivity index (χ3n) is 4.08. The van der Waals surface area contributed by atoms with E-state index in [1.165, 1.54) is 12.8 Å². The topological polar surface area (TPSA) is 29.5 Å². The van der Waals surface area contributed by atoms with Crippen LogP contribution in [0.1, 0.15) is 47.0 Å². The molecule has 0 aromatic rings. The van der Waals surface area contributed by atoms with E-state index in [9.17, 15) is 4.79 Å². The number of hydrogen-bond acceptors (Lipinski definition) is 3. The summed E-state index contributed by atoms with van der Waals surface area (Å²) in [7, 11) is 2.12. The summed E-state index contributed by atoms with van der Waals surface area (Å²) in [4.78, 5) is 13.8. The second-order valence-electron chi connectivity index (χ2n) is 6.08. The SMILES string of the molecule is C=C(C)C(=O)OCC1(C)CCCC(C)(C)N1C. The van der Waals surface area contributed by atoms with E-state index in [-0.39, 0.29) is 17.0 Å². The number of likely N-dealkylation sites (N-methyl/N-ethyl adjacent to an activating group) is 1. The van der Waals surface area contributed by atoms with Crippen LogP contribution in [-0.2, 0) is 9.53 Å². The Bertz CT molecular complexity index is 322. The summed E-state index contributed by atoms with van der Waals surface area (Å²) in [6.07, 6.45) is 3.43. The van der Waals surface area contributed by atoms with E-state index in [4.69, 9.17) is 4.74 Å². The lowest BCUT2D eigenvalue weighted by Crippen LogP contribution is -2.60. The second-order valence-corrected chi connectivity index (χ2v) is 6.08. The van der Waals surface area contributed by atoms with E-state index in [1.54, 1.807) is 6.92 Å². The van der Waals surface area contributed by atoms with Gasteiger partial charge in [0.05, 0.1) is 5.54 Å². The highest BCUT2D eigenvalue weighted by Gasteiger charge is 2.42. The maximum absolute atomic E-state index is 11.5. The molecule has 1 atom stereocenters. The lowest BCUT2D eigenvalue weighted by Gasteiger charge is -2.52. The van der Waals surface area contributed by atoms with Crippen LogP contribution in [0.3, 0.4) is 0 Å². The van der Waals surface area contributed by atoms with Gasteiger partial charge in [-0.3, -0.25) is 4.90 Å². The van der Waals surface area contributed by atoms with E-state index in [1.807, 2.05) is 0 Å². The van der Waals surface area contributed by atoms with E-state index in [0.717, 1.165) is 6.42 Å². The minimum Gasteiger partial charge on any atom is -0.460 e. The van der Waals surface area contributed by atoms with E-state index in [2.05, 4.69) is 39.3 Å². The fourth-order valence-corrected chi connectivity index (χ4v) is 2.48. The van der Waals surface area contributed by atoms with Gasteiger partial charge in [-0.1, -0.05) is 6.58 Å². The molecule has 3 heteroatoms. The van der Waals surface area contributed by atoms with Gasteiger partial charge in [0.2, 0.25) is 0 Å². The number of piperidine rings is 1. The van der Waals surface area contributed by atoms with Gasteiger partial charge in [-0.15, -0.1) is 0 Å². The van der Waals surface area contributed by atoms with Crippen molar-refractivity contribution in [3.05, 3.63) is 12.2 Å². The van der Waals surface area contributed by atoms with Crippen molar-refractivity contribution < 1.29 is 9.53 Å². The number of esters is 1. The molecule has 0 radical (unpaired) electrons. The number of likely N-dealkylation sites (tertiary alicyclic amines) is 1. The Balaban J connectivity index is 2.67. The van der Waals surface area contributed by atoms with Crippen LogP contribution in [0, 0.1) is 0 Å². The molecule has 0 aliphatic carbocycles. The first-order chi connectivity index (χ1) is 7.69. The van der Waals surface area contributed by atoms with Crippen molar-refractivity contribution in [2.75, 3.05) is 13.7 Å². The van der Waals surface area contributed by atoms with Crippen LogP contribution in [0.4, 0.5) is 0 Å². The van der Waals surface area contributed by atoms with Crippen molar-refractivity contribution in [1.82, 2.24) is 4.90 Å². The Morgan fingerprint density at radius 1 is 1.35 bits per heavy atom. The molecule has 98 valence electrons. The monoisotopic (exact) mass is 239 g/mol. The zero-order valence-electron chi connectivity index (χ0n) is 11.8. The minimum atomic E-state index is -0.289. The number of nitrogens with zero attached hydrogens (tertiary/aromatic N) is 1. The summed E-state index contributed by atoms with van der Waals surface area (Å²) in [6.45, 7) is 12.4. The van der Waals surface area contributed by atoms with Crippen LogP contribution in [0.2, 0.25) is 0 Å². The van der Waals surface area contributed by atoms with Crippen LogP contribution in [0.5, 0.6) is 0 Å². The molecule has 1 fully saturated rings. The van der Waals surface area contributed by atoms with Crippen LogP contribution >= 0.6 is 0 Å². The van der Waals surface area contributed by atoms with Crippen LogP contribution < -0.4 is 0 Å². The first-order valence-electron chi connectivity index (χ1n) is 6.26. The molecular weight excluding hydrogens is 214 g/mol. The van der Waals surface area contributed by atoms with Crippen LogP contribution in [0.15, 0.2) is 12.2 Å². The summed E-state index contributed by atoms with van der Waals surface area (Å²) < 4.78 is 5.33. The van der Waals surface area contributed by atoms with Crippen molar-refractivity contribution in [2.45, 2.75) is 58.0 Å². The molecule has 0 aromatic carbocycles. The van der Waals surface area contributed by atoms with Crippen molar-refractivity contribution >= 4 is 5.97 Å². The summed E-state index contributed by atoms with van der Waals surface area (Å²) in [5.74, 6) is -0.289. The highest BCUT2D eigenvalue weighted by atomic mass is 16.5. The molecule has 0 saturated carbocycles. The maximum Gasteiger partial charge on any atom is 0.333 e. The fraction of sp³-hybridized carbons (Fsp3) is 0.786.